The number of carbonyl (C=O) groups excluding carboxylic acids is 1. The highest BCUT2D eigenvalue weighted by Crippen LogP contribution is 2.34. The molecule has 0 aromatic carbocycles. The maximum atomic E-state index is 11.9. The number of nitrogens with zero attached hydrogens (tertiary/aromatic N) is 2. The van der Waals surface area contributed by atoms with Gasteiger partial charge in [0.25, 0.3) is 0 Å². The second-order valence-electron chi connectivity index (χ2n) is 6.32. The molecule has 1 aliphatic rings. The Morgan fingerprint density at radius 2 is 2.14 bits per heavy atom. The van der Waals surface area contributed by atoms with Gasteiger partial charge < -0.3 is 10.1 Å². The molecule has 1 aromatic heterocycles. The van der Waals surface area contributed by atoms with Gasteiger partial charge in [-0.15, -0.1) is 0 Å². The molecule has 1 saturated carbocycles. The zero-order chi connectivity index (χ0) is 15.3. The zero-order valence-corrected chi connectivity index (χ0v) is 13.4. The van der Waals surface area contributed by atoms with Crippen LogP contribution in [0.1, 0.15) is 62.0 Å². The summed E-state index contributed by atoms with van der Waals surface area (Å²) in [4.78, 5) is 11.9. The predicted molar refractivity (Wildman–Crippen MR) is 82.1 cm³/mol. The third kappa shape index (κ3) is 4.06. The fourth-order valence-corrected chi connectivity index (χ4v) is 3.12. The standard InChI is InChI=1S/C16H27N3O2/c1-4-21-15(20)13-10-18-19(3)14(13)11-17-12-16(2)8-6-5-7-9-16/h10,17H,4-9,11-12H2,1-3H3. The summed E-state index contributed by atoms with van der Waals surface area (Å²) in [6.45, 7) is 6.20. The summed E-state index contributed by atoms with van der Waals surface area (Å²) in [5.41, 5.74) is 1.86. The fourth-order valence-electron chi connectivity index (χ4n) is 3.12. The van der Waals surface area contributed by atoms with E-state index in [1.807, 2.05) is 14.0 Å². The van der Waals surface area contributed by atoms with Gasteiger partial charge >= 0.3 is 5.97 Å². The van der Waals surface area contributed by atoms with Gasteiger partial charge in [0, 0.05) is 20.1 Å². The molecule has 0 spiro atoms. The maximum absolute atomic E-state index is 11.9. The number of aromatic nitrogens is 2. The molecule has 1 fully saturated rings. The van der Waals surface area contributed by atoms with Crippen molar-refractivity contribution in [1.82, 2.24) is 15.1 Å². The minimum atomic E-state index is -0.286. The molecule has 118 valence electrons. The van der Waals surface area contributed by atoms with Crippen molar-refractivity contribution in [2.24, 2.45) is 12.5 Å². The molecule has 21 heavy (non-hydrogen) atoms. The molecule has 0 amide bonds. The molecular weight excluding hydrogens is 266 g/mol. The number of hydrogen-bond acceptors (Lipinski definition) is 4. The van der Waals surface area contributed by atoms with Crippen LogP contribution in [0.2, 0.25) is 0 Å². The van der Waals surface area contributed by atoms with Gasteiger partial charge in [-0.2, -0.15) is 5.10 Å². The van der Waals surface area contributed by atoms with Gasteiger partial charge in [-0.25, -0.2) is 4.79 Å². The Bertz CT molecular complexity index is 476. The van der Waals surface area contributed by atoms with Crippen LogP contribution < -0.4 is 5.32 Å². The van der Waals surface area contributed by atoms with Crippen LogP contribution in [0, 0.1) is 5.41 Å². The van der Waals surface area contributed by atoms with E-state index in [1.165, 1.54) is 32.1 Å². The molecule has 1 heterocycles. The van der Waals surface area contributed by atoms with Crippen LogP contribution in [0.25, 0.3) is 0 Å². The molecule has 0 atom stereocenters. The smallest absolute Gasteiger partial charge is 0.341 e. The minimum Gasteiger partial charge on any atom is -0.462 e. The van der Waals surface area contributed by atoms with Crippen LogP contribution in [-0.2, 0) is 18.3 Å². The molecule has 5 nitrogen and oxygen atoms in total. The lowest BCUT2D eigenvalue weighted by Crippen LogP contribution is -2.34. The van der Waals surface area contributed by atoms with Crippen molar-refractivity contribution >= 4 is 5.97 Å². The van der Waals surface area contributed by atoms with Gasteiger partial charge in [0.1, 0.15) is 5.56 Å². The van der Waals surface area contributed by atoms with Crippen LogP contribution >= 0.6 is 0 Å². The molecule has 0 aliphatic heterocycles. The maximum Gasteiger partial charge on any atom is 0.341 e. The summed E-state index contributed by atoms with van der Waals surface area (Å²) in [6.07, 6.45) is 8.20. The van der Waals surface area contributed by atoms with Gasteiger partial charge in [0.15, 0.2) is 0 Å². The third-order valence-corrected chi connectivity index (χ3v) is 4.46. The minimum absolute atomic E-state index is 0.286. The van der Waals surface area contributed by atoms with Crippen molar-refractivity contribution in [1.29, 1.82) is 0 Å². The molecular formula is C16H27N3O2. The second kappa shape index (κ2) is 7.07. The van der Waals surface area contributed by atoms with E-state index in [0.717, 1.165) is 12.2 Å². The highest BCUT2D eigenvalue weighted by molar-refractivity contribution is 5.90. The third-order valence-electron chi connectivity index (χ3n) is 4.46. The van der Waals surface area contributed by atoms with Gasteiger partial charge in [0.05, 0.1) is 18.5 Å². The van der Waals surface area contributed by atoms with E-state index in [1.54, 1.807) is 10.9 Å². The van der Waals surface area contributed by atoms with E-state index in [9.17, 15) is 4.79 Å². The lowest BCUT2D eigenvalue weighted by atomic mass is 9.76. The van der Waals surface area contributed by atoms with Crippen molar-refractivity contribution in [3.05, 3.63) is 17.5 Å². The van der Waals surface area contributed by atoms with Crippen LogP contribution in [0.5, 0.6) is 0 Å². The van der Waals surface area contributed by atoms with Crippen molar-refractivity contribution in [3.8, 4) is 0 Å². The number of ether oxygens (including phenoxy) is 1. The SMILES string of the molecule is CCOC(=O)c1cnn(C)c1CNCC1(C)CCCCC1. The highest BCUT2D eigenvalue weighted by atomic mass is 16.5. The zero-order valence-electron chi connectivity index (χ0n) is 13.4. The molecule has 0 unspecified atom stereocenters. The summed E-state index contributed by atoms with van der Waals surface area (Å²) in [5, 5.41) is 7.69. The Balaban J connectivity index is 1.93. The molecule has 0 saturated heterocycles. The summed E-state index contributed by atoms with van der Waals surface area (Å²) < 4.78 is 6.83. The quantitative estimate of drug-likeness (QED) is 0.819. The molecule has 0 radical (unpaired) electrons. The number of aryl methyl sites for hydroxylation is 1. The first kappa shape index (κ1) is 16.0. The van der Waals surface area contributed by atoms with Gasteiger partial charge in [-0.05, 0) is 25.2 Å². The number of hydrogen-bond donors (Lipinski definition) is 1. The highest BCUT2D eigenvalue weighted by Gasteiger charge is 2.26. The van der Waals surface area contributed by atoms with E-state index in [4.69, 9.17) is 4.74 Å². The van der Waals surface area contributed by atoms with Crippen molar-refractivity contribution in [2.45, 2.75) is 52.5 Å². The van der Waals surface area contributed by atoms with Crippen molar-refractivity contribution in [3.63, 3.8) is 0 Å². The number of nitrogens with one attached hydrogen (secondary N) is 1. The first-order chi connectivity index (χ1) is 10.1. The lowest BCUT2D eigenvalue weighted by Gasteiger charge is -2.33. The van der Waals surface area contributed by atoms with Crippen molar-refractivity contribution < 1.29 is 9.53 Å². The van der Waals surface area contributed by atoms with E-state index in [-0.39, 0.29) is 5.97 Å². The average molecular weight is 293 g/mol. The summed E-state index contributed by atoms with van der Waals surface area (Å²) in [7, 11) is 1.86. The summed E-state index contributed by atoms with van der Waals surface area (Å²) in [5.74, 6) is -0.286. The Hall–Kier alpha value is -1.36. The largest absolute Gasteiger partial charge is 0.462 e. The molecule has 0 bridgehead atoms. The average Bonchev–Trinajstić information content (AvgIpc) is 2.81. The van der Waals surface area contributed by atoms with E-state index in [2.05, 4.69) is 17.3 Å². The van der Waals surface area contributed by atoms with Gasteiger partial charge in [-0.1, -0.05) is 26.2 Å². The second-order valence-corrected chi connectivity index (χ2v) is 6.32. The van der Waals surface area contributed by atoms with E-state index >= 15 is 0 Å². The first-order valence-corrected chi connectivity index (χ1v) is 7.94. The molecule has 5 heteroatoms. The van der Waals surface area contributed by atoms with Crippen LogP contribution in [0.15, 0.2) is 6.20 Å². The normalized spacial score (nSPS) is 17.7. The Labute approximate surface area is 127 Å². The van der Waals surface area contributed by atoms with Crippen LogP contribution in [-0.4, -0.2) is 28.9 Å². The summed E-state index contributed by atoms with van der Waals surface area (Å²) >= 11 is 0. The van der Waals surface area contributed by atoms with E-state index < -0.39 is 0 Å². The number of carbonyl (C=O) groups is 1. The topological polar surface area (TPSA) is 56.1 Å². The predicted octanol–water partition coefficient (Wildman–Crippen LogP) is 2.66. The monoisotopic (exact) mass is 293 g/mol. The molecule has 1 N–H and O–H groups in total. The van der Waals surface area contributed by atoms with Gasteiger partial charge in [0.2, 0.25) is 0 Å². The summed E-state index contributed by atoms with van der Waals surface area (Å²) in [6, 6.07) is 0. The fraction of sp³-hybridized carbons (Fsp3) is 0.750. The van der Waals surface area contributed by atoms with Gasteiger partial charge in [-0.3, -0.25) is 4.68 Å². The number of esters is 1. The molecule has 2 rings (SSSR count). The lowest BCUT2D eigenvalue weighted by molar-refractivity contribution is 0.0524. The van der Waals surface area contributed by atoms with Crippen LogP contribution in [0.3, 0.4) is 0 Å². The Morgan fingerprint density at radius 1 is 1.43 bits per heavy atom. The molecule has 1 aliphatic carbocycles. The number of rotatable bonds is 6. The van der Waals surface area contributed by atoms with E-state index in [0.29, 0.717) is 24.1 Å². The molecule has 1 aromatic rings. The Kier molecular flexibility index (Phi) is 5.39. The first-order valence-electron chi connectivity index (χ1n) is 7.94. The van der Waals surface area contributed by atoms with Crippen molar-refractivity contribution in [2.75, 3.05) is 13.2 Å². The van der Waals surface area contributed by atoms with Crippen LogP contribution in [0.4, 0.5) is 0 Å². The Morgan fingerprint density at radius 3 is 2.81 bits per heavy atom.